The summed E-state index contributed by atoms with van der Waals surface area (Å²) in [6, 6.07) is 19.3. The fourth-order valence-electron chi connectivity index (χ4n) is 2.51. The number of phenols is 1. The zero-order valence-electron chi connectivity index (χ0n) is 13.8. The zero-order valence-corrected chi connectivity index (χ0v) is 16.8. The Morgan fingerprint density at radius 3 is 2.58 bits per heavy atom. The van der Waals surface area contributed by atoms with E-state index < -0.39 is 0 Å². The van der Waals surface area contributed by atoms with Gasteiger partial charge in [-0.3, -0.25) is 0 Å². The molecule has 1 N–H and O–H groups in total. The smallest absolute Gasteiger partial charge is 0.143 e. The summed E-state index contributed by atoms with van der Waals surface area (Å²) in [7, 11) is 0. The van der Waals surface area contributed by atoms with E-state index in [9.17, 15) is 5.11 Å². The number of aryl methyl sites for hydroxylation is 1. The second kappa shape index (κ2) is 7.13. The molecule has 1 aromatic heterocycles. The predicted octanol–water partition coefficient (Wildman–Crippen LogP) is 7.00. The standard InChI is InChI=1S/C20H14IN3OS/c1-12-2-8-16-19(10-12)26-20(22-16)13-3-6-15(7-4-13)23-24-17-11-14(21)5-9-18(17)25/h2-11,25H,1H3. The van der Waals surface area contributed by atoms with Crippen molar-refractivity contribution in [3.8, 4) is 16.3 Å². The maximum Gasteiger partial charge on any atom is 0.143 e. The molecule has 0 radical (unpaired) electrons. The van der Waals surface area contributed by atoms with Gasteiger partial charge in [-0.05, 0) is 89.7 Å². The highest BCUT2D eigenvalue weighted by molar-refractivity contribution is 14.1. The number of azo groups is 1. The molecule has 0 unspecified atom stereocenters. The van der Waals surface area contributed by atoms with Gasteiger partial charge in [0, 0.05) is 9.13 Å². The lowest BCUT2D eigenvalue weighted by Crippen LogP contribution is -1.75. The Balaban J connectivity index is 1.59. The van der Waals surface area contributed by atoms with E-state index in [1.54, 1.807) is 23.5 Å². The first kappa shape index (κ1) is 17.1. The first-order valence-corrected chi connectivity index (χ1v) is 9.86. The van der Waals surface area contributed by atoms with E-state index in [0.29, 0.717) is 5.69 Å². The summed E-state index contributed by atoms with van der Waals surface area (Å²) in [5, 5.41) is 19.2. The molecular formula is C20H14IN3OS. The summed E-state index contributed by atoms with van der Waals surface area (Å²) in [5.74, 6) is 0.121. The van der Waals surface area contributed by atoms with Crippen LogP contribution < -0.4 is 0 Å². The number of halogens is 1. The number of aromatic nitrogens is 1. The van der Waals surface area contributed by atoms with E-state index in [1.807, 2.05) is 30.3 Å². The van der Waals surface area contributed by atoms with E-state index in [0.717, 1.165) is 25.3 Å². The van der Waals surface area contributed by atoms with Crippen LogP contribution >= 0.6 is 33.9 Å². The summed E-state index contributed by atoms with van der Waals surface area (Å²) >= 11 is 3.86. The van der Waals surface area contributed by atoms with Gasteiger partial charge in [0.25, 0.3) is 0 Å². The third-order valence-corrected chi connectivity index (χ3v) is 5.61. The molecule has 0 atom stereocenters. The molecule has 4 rings (SSSR count). The average Bonchev–Trinajstić information content (AvgIpc) is 3.06. The number of aromatic hydroxyl groups is 1. The number of phenolic OH excluding ortho intramolecular Hbond substituents is 1. The molecule has 0 spiro atoms. The molecule has 4 nitrogen and oxygen atoms in total. The molecule has 0 saturated heterocycles. The Kier molecular flexibility index (Phi) is 4.69. The molecule has 3 aromatic carbocycles. The van der Waals surface area contributed by atoms with Crippen LogP contribution in [0.1, 0.15) is 5.56 Å². The second-order valence-corrected chi connectivity index (χ2v) is 8.15. The van der Waals surface area contributed by atoms with Crippen LogP contribution in [0.5, 0.6) is 5.75 Å². The Bertz CT molecular complexity index is 1120. The van der Waals surface area contributed by atoms with Gasteiger partial charge in [-0.2, -0.15) is 5.11 Å². The Hall–Kier alpha value is -2.32. The van der Waals surface area contributed by atoms with Gasteiger partial charge in [-0.1, -0.05) is 6.07 Å². The summed E-state index contributed by atoms with van der Waals surface area (Å²) in [5.41, 5.74) is 4.50. The van der Waals surface area contributed by atoms with Gasteiger partial charge in [0.2, 0.25) is 0 Å². The lowest BCUT2D eigenvalue weighted by atomic mass is 10.2. The molecule has 26 heavy (non-hydrogen) atoms. The zero-order chi connectivity index (χ0) is 18.1. The molecule has 0 bridgehead atoms. The Morgan fingerprint density at radius 2 is 1.77 bits per heavy atom. The van der Waals surface area contributed by atoms with E-state index in [4.69, 9.17) is 4.98 Å². The fraction of sp³-hybridized carbons (Fsp3) is 0.0500. The van der Waals surface area contributed by atoms with Crippen molar-refractivity contribution in [1.29, 1.82) is 0 Å². The Labute approximate surface area is 168 Å². The highest BCUT2D eigenvalue weighted by Gasteiger charge is 2.06. The van der Waals surface area contributed by atoms with Crippen molar-refractivity contribution in [2.75, 3.05) is 0 Å². The molecule has 0 amide bonds. The minimum atomic E-state index is 0.121. The maximum atomic E-state index is 9.83. The minimum Gasteiger partial charge on any atom is -0.506 e. The van der Waals surface area contributed by atoms with Crippen molar-refractivity contribution >= 4 is 55.5 Å². The van der Waals surface area contributed by atoms with Crippen molar-refractivity contribution in [2.24, 2.45) is 10.2 Å². The van der Waals surface area contributed by atoms with Gasteiger partial charge in [0.05, 0.1) is 15.9 Å². The molecule has 1 heterocycles. The minimum absolute atomic E-state index is 0.121. The van der Waals surface area contributed by atoms with E-state index in [1.165, 1.54) is 10.3 Å². The van der Waals surface area contributed by atoms with E-state index >= 15 is 0 Å². The first-order valence-electron chi connectivity index (χ1n) is 7.96. The molecule has 0 saturated carbocycles. The molecule has 128 valence electrons. The normalized spacial score (nSPS) is 11.5. The predicted molar refractivity (Wildman–Crippen MR) is 115 cm³/mol. The van der Waals surface area contributed by atoms with Crippen LogP contribution in [0, 0.1) is 10.5 Å². The van der Waals surface area contributed by atoms with Crippen LogP contribution in [0.4, 0.5) is 11.4 Å². The van der Waals surface area contributed by atoms with Crippen LogP contribution in [0.3, 0.4) is 0 Å². The van der Waals surface area contributed by atoms with Gasteiger partial charge in [-0.25, -0.2) is 4.98 Å². The highest BCUT2D eigenvalue weighted by Crippen LogP contribution is 2.33. The van der Waals surface area contributed by atoms with Crippen molar-refractivity contribution < 1.29 is 5.11 Å². The van der Waals surface area contributed by atoms with Crippen LogP contribution in [0.25, 0.3) is 20.8 Å². The number of benzene rings is 3. The summed E-state index contributed by atoms with van der Waals surface area (Å²) in [4.78, 5) is 4.70. The summed E-state index contributed by atoms with van der Waals surface area (Å²) in [6.07, 6.45) is 0. The summed E-state index contributed by atoms with van der Waals surface area (Å²) in [6.45, 7) is 2.09. The van der Waals surface area contributed by atoms with Crippen LogP contribution in [0.2, 0.25) is 0 Å². The molecule has 0 aliphatic carbocycles. The number of hydrogen-bond acceptors (Lipinski definition) is 5. The van der Waals surface area contributed by atoms with Crippen molar-refractivity contribution in [3.63, 3.8) is 0 Å². The van der Waals surface area contributed by atoms with E-state index in [2.05, 4.69) is 57.9 Å². The molecule has 0 aliphatic heterocycles. The van der Waals surface area contributed by atoms with Gasteiger partial charge in [-0.15, -0.1) is 16.5 Å². The molecule has 6 heteroatoms. The lowest BCUT2D eigenvalue weighted by molar-refractivity contribution is 0.476. The van der Waals surface area contributed by atoms with Crippen molar-refractivity contribution in [2.45, 2.75) is 6.92 Å². The average molecular weight is 471 g/mol. The van der Waals surface area contributed by atoms with Crippen molar-refractivity contribution in [3.05, 3.63) is 69.8 Å². The molecule has 4 aromatic rings. The maximum absolute atomic E-state index is 9.83. The monoisotopic (exact) mass is 471 g/mol. The third kappa shape index (κ3) is 3.61. The SMILES string of the molecule is Cc1ccc2nc(-c3ccc(N=Nc4cc(I)ccc4O)cc3)sc2c1. The highest BCUT2D eigenvalue weighted by atomic mass is 127. The van der Waals surface area contributed by atoms with Gasteiger partial charge < -0.3 is 5.11 Å². The quantitative estimate of drug-likeness (QED) is 0.259. The fourth-order valence-corrected chi connectivity index (χ4v) is 4.06. The molecular weight excluding hydrogens is 457 g/mol. The van der Waals surface area contributed by atoms with Crippen molar-refractivity contribution in [1.82, 2.24) is 4.98 Å². The Morgan fingerprint density at radius 1 is 0.962 bits per heavy atom. The van der Waals surface area contributed by atoms with E-state index in [-0.39, 0.29) is 5.75 Å². The van der Waals surface area contributed by atoms with Crippen LogP contribution in [0.15, 0.2) is 70.9 Å². The number of rotatable bonds is 3. The van der Waals surface area contributed by atoms with Gasteiger partial charge >= 0.3 is 0 Å². The third-order valence-electron chi connectivity index (χ3n) is 3.87. The number of thiazole rings is 1. The lowest BCUT2D eigenvalue weighted by Gasteiger charge is -1.99. The number of hydrogen-bond donors (Lipinski definition) is 1. The largest absolute Gasteiger partial charge is 0.506 e. The number of nitrogens with zero attached hydrogens (tertiary/aromatic N) is 3. The molecule has 0 fully saturated rings. The number of fused-ring (bicyclic) bond motifs is 1. The van der Waals surface area contributed by atoms with Gasteiger partial charge in [0.15, 0.2) is 0 Å². The molecule has 0 aliphatic rings. The topological polar surface area (TPSA) is 57.8 Å². The second-order valence-electron chi connectivity index (χ2n) is 5.87. The van der Waals surface area contributed by atoms with Crippen LogP contribution in [-0.4, -0.2) is 10.1 Å². The van der Waals surface area contributed by atoms with Crippen LogP contribution in [-0.2, 0) is 0 Å². The summed E-state index contributed by atoms with van der Waals surface area (Å²) < 4.78 is 2.19. The van der Waals surface area contributed by atoms with Gasteiger partial charge in [0.1, 0.15) is 16.4 Å². The first-order chi connectivity index (χ1) is 12.6.